The molecule has 6 nitrogen and oxygen atoms in total. The summed E-state index contributed by atoms with van der Waals surface area (Å²) in [5, 5.41) is 5.30. The molecular formula is C22H24N4O2. The summed E-state index contributed by atoms with van der Waals surface area (Å²) in [6, 6.07) is 18.6. The lowest BCUT2D eigenvalue weighted by Gasteiger charge is -2.25. The van der Waals surface area contributed by atoms with E-state index in [9.17, 15) is 4.79 Å². The highest BCUT2D eigenvalue weighted by molar-refractivity contribution is 5.99. The highest BCUT2D eigenvalue weighted by Crippen LogP contribution is 2.21. The lowest BCUT2D eigenvalue weighted by atomic mass is 10.2. The molecule has 2 heterocycles. The first-order valence-electron chi connectivity index (χ1n) is 9.53. The highest BCUT2D eigenvalue weighted by atomic mass is 16.5. The molecule has 0 radical (unpaired) electrons. The zero-order chi connectivity index (χ0) is 19.2. The number of rotatable bonds is 6. The van der Waals surface area contributed by atoms with Crippen LogP contribution < -0.4 is 5.43 Å². The van der Waals surface area contributed by atoms with E-state index in [0.717, 1.165) is 36.1 Å². The van der Waals surface area contributed by atoms with Gasteiger partial charge < -0.3 is 9.30 Å². The van der Waals surface area contributed by atoms with Crippen LogP contribution in [0.3, 0.4) is 0 Å². The van der Waals surface area contributed by atoms with Gasteiger partial charge in [0.15, 0.2) is 0 Å². The molecule has 3 aromatic rings. The first kappa shape index (κ1) is 18.4. The molecule has 0 saturated carbocycles. The van der Waals surface area contributed by atoms with Crippen LogP contribution in [-0.2, 0) is 16.1 Å². The molecule has 1 N–H and O–H groups in total. The molecule has 1 aromatic heterocycles. The van der Waals surface area contributed by atoms with Gasteiger partial charge in [0.25, 0.3) is 5.91 Å². The summed E-state index contributed by atoms with van der Waals surface area (Å²) in [6.45, 7) is 4.05. The average molecular weight is 376 g/mol. The summed E-state index contributed by atoms with van der Waals surface area (Å²) in [5.74, 6) is -0.105. The van der Waals surface area contributed by atoms with E-state index in [0.29, 0.717) is 19.8 Å². The summed E-state index contributed by atoms with van der Waals surface area (Å²) in [7, 11) is 0. The van der Waals surface area contributed by atoms with Crippen LogP contribution in [0.4, 0.5) is 0 Å². The number of carbonyl (C=O) groups excluding carboxylic acids is 1. The van der Waals surface area contributed by atoms with E-state index >= 15 is 0 Å². The van der Waals surface area contributed by atoms with Crippen LogP contribution in [-0.4, -0.2) is 54.4 Å². The van der Waals surface area contributed by atoms with Crippen LogP contribution >= 0.6 is 0 Å². The van der Waals surface area contributed by atoms with Gasteiger partial charge in [-0.25, -0.2) is 5.43 Å². The topological polar surface area (TPSA) is 58.9 Å². The third-order valence-electron chi connectivity index (χ3n) is 4.88. The number of aromatic nitrogens is 1. The number of fused-ring (bicyclic) bond motifs is 1. The molecule has 1 fully saturated rings. The number of nitrogens with zero attached hydrogens (tertiary/aromatic N) is 3. The van der Waals surface area contributed by atoms with Gasteiger partial charge in [0.1, 0.15) is 0 Å². The Balaban J connectivity index is 1.46. The fraction of sp³-hybridized carbons (Fsp3) is 0.273. The van der Waals surface area contributed by atoms with Crippen LogP contribution in [0.5, 0.6) is 0 Å². The third-order valence-corrected chi connectivity index (χ3v) is 4.88. The lowest BCUT2D eigenvalue weighted by Crippen LogP contribution is -2.42. The van der Waals surface area contributed by atoms with Crippen molar-refractivity contribution in [3.63, 3.8) is 0 Å². The van der Waals surface area contributed by atoms with Crippen LogP contribution in [0.25, 0.3) is 10.9 Å². The standard InChI is InChI=1S/C22H24N4O2/c27-22(17-25-10-12-28-13-11-25)24-23-14-19-16-26(15-18-6-2-1-3-7-18)21-9-5-4-8-20(19)21/h1-9,14,16H,10-13,15,17H2,(H,24,27)/b23-14-. The predicted molar refractivity (Wildman–Crippen MR) is 110 cm³/mol. The van der Waals surface area contributed by atoms with Crippen LogP contribution in [0.2, 0.25) is 0 Å². The second-order valence-corrected chi connectivity index (χ2v) is 6.90. The molecule has 144 valence electrons. The molecule has 0 bridgehead atoms. The highest BCUT2D eigenvalue weighted by Gasteiger charge is 2.13. The van der Waals surface area contributed by atoms with Crippen molar-refractivity contribution in [3.05, 3.63) is 71.9 Å². The Morgan fingerprint density at radius 1 is 1.07 bits per heavy atom. The fourth-order valence-corrected chi connectivity index (χ4v) is 3.46. The van der Waals surface area contributed by atoms with Crippen molar-refractivity contribution < 1.29 is 9.53 Å². The Labute approximate surface area is 164 Å². The molecule has 0 spiro atoms. The molecule has 28 heavy (non-hydrogen) atoms. The smallest absolute Gasteiger partial charge is 0.254 e. The minimum absolute atomic E-state index is 0.105. The van der Waals surface area contributed by atoms with Gasteiger partial charge in [0, 0.05) is 42.3 Å². The number of amides is 1. The van der Waals surface area contributed by atoms with Crippen molar-refractivity contribution in [1.29, 1.82) is 0 Å². The van der Waals surface area contributed by atoms with Crippen LogP contribution in [0, 0.1) is 0 Å². The van der Waals surface area contributed by atoms with Crippen molar-refractivity contribution in [2.45, 2.75) is 6.54 Å². The van der Waals surface area contributed by atoms with Gasteiger partial charge in [-0.05, 0) is 11.6 Å². The van der Waals surface area contributed by atoms with Crippen molar-refractivity contribution in [2.75, 3.05) is 32.8 Å². The van der Waals surface area contributed by atoms with E-state index in [1.54, 1.807) is 6.21 Å². The Hall–Kier alpha value is -2.96. The summed E-state index contributed by atoms with van der Waals surface area (Å²) >= 11 is 0. The fourth-order valence-electron chi connectivity index (χ4n) is 3.46. The molecule has 6 heteroatoms. The number of morpholine rings is 1. The van der Waals surface area contributed by atoms with Crippen molar-refractivity contribution in [3.8, 4) is 0 Å². The molecule has 0 aliphatic carbocycles. The number of hydrogen-bond acceptors (Lipinski definition) is 4. The number of benzene rings is 2. The molecule has 0 unspecified atom stereocenters. The van der Waals surface area contributed by atoms with E-state index in [4.69, 9.17) is 4.74 Å². The van der Waals surface area contributed by atoms with E-state index in [1.165, 1.54) is 5.56 Å². The van der Waals surface area contributed by atoms with E-state index in [-0.39, 0.29) is 5.91 Å². The van der Waals surface area contributed by atoms with Crippen LogP contribution in [0.15, 0.2) is 65.9 Å². The van der Waals surface area contributed by atoms with E-state index < -0.39 is 0 Å². The minimum atomic E-state index is -0.105. The van der Waals surface area contributed by atoms with Crippen LogP contribution in [0.1, 0.15) is 11.1 Å². The number of nitrogens with one attached hydrogen (secondary N) is 1. The summed E-state index contributed by atoms with van der Waals surface area (Å²) < 4.78 is 7.51. The van der Waals surface area contributed by atoms with Crippen molar-refractivity contribution >= 4 is 23.0 Å². The van der Waals surface area contributed by atoms with Crippen molar-refractivity contribution in [2.24, 2.45) is 5.10 Å². The molecule has 1 amide bonds. The second kappa shape index (κ2) is 8.82. The molecule has 4 rings (SSSR count). The first-order chi connectivity index (χ1) is 13.8. The maximum Gasteiger partial charge on any atom is 0.254 e. The molecule has 1 aliphatic rings. The van der Waals surface area contributed by atoms with Gasteiger partial charge in [-0.3, -0.25) is 9.69 Å². The summed E-state index contributed by atoms with van der Waals surface area (Å²) in [5.41, 5.74) is 6.01. The normalized spacial score (nSPS) is 15.3. The number of carbonyl (C=O) groups is 1. The number of hydrazone groups is 1. The Morgan fingerprint density at radius 3 is 2.64 bits per heavy atom. The SMILES string of the molecule is O=C(CN1CCOCC1)N/N=C\c1cn(Cc2ccccc2)c2ccccc12. The van der Waals surface area contributed by atoms with Gasteiger partial charge in [0.05, 0.1) is 26.0 Å². The third kappa shape index (κ3) is 4.47. The maximum absolute atomic E-state index is 12.1. The van der Waals surface area contributed by atoms with Gasteiger partial charge in [-0.1, -0.05) is 48.5 Å². The quantitative estimate of drug-likeness (QED) is 0.531. The largest absolute Gasteiger partial charge is 0.379 e. The lowest BCUT2D eigenvalue weighted by molar-refractivity contribution is -0.123. The Bertz CT molecular complexity index is 959. The number of hydrogen-bond donors (Lipinski definition) is 1. The molecular weight excluding hydrogens is 352 g/mol. The van der Waals surface area contributed by atoms with E-state index in [2.05, 4.69) is 50.5 Å². The second-order valence-electron chi connectivity index (χ2n) is 6.90. The summed E-state index contributed by atoms with van der Waals surface area (Å²) in [4.78, 5) is 14.2. The van der Waals surface area contributed by atoms with Gasteiger partial charge >= 0.3 is 0 Å². The van der Waals surface area contributed by atoms with Gasteiger partial charge in [0.2, 0.25) is 0 Å². The van der Waals surface area contributed by atoms with Gasteiger partial charge in [-0.2, -0.15) is 5.10 Å². The maximum atomic E-state index is 12.1. The van der Waals surface area contributed by atoms with Crippen molar-refractivity contribution in [1.82, 2.24) is 14.9 Å². The monoisotopic (exact) mass is 376 g/mol. The zero-order valence-electron chi connectivity index (χ0n) is 15.8. The Kier molecular flexibility index (Phi) is 5.80. The zero-order valence-corrected chi connectivity index (χ0v) is 15.8. The first-order valence-corrected chi connectivity index (χ1v) is 9.53. The Morgan fingerprint density at radius 2 is 1.82 bits per heavy atom. The molecule has 1 saturated heterocycles. The number of ether oxygens (including phenoxy) is 1. The number of para-hydroxylation sites is 1. The van der Waals surface area contributed by atoms with Gasteiger partial charge in [-0.15, -0.1) is 0 Å². The summed E-state index contributed by atoms with van der Waals surface area (Å²) in [6.07, 6.45) is 3.80. The van der Waals surface area contributed by atoms with E-state index in [1.807, 2.05) is 30.3 Å². The molecule has 0 atom stereocenters. The molecule has 1 aliphatic heterocycles. The predicted octanol–water partition coefficient (Wildman–Crippen LogP) is 2.47. The average Bonchev–Trinajstić information content (AvgIpc) is 3.07. The molecule has 2 aromatic carbocycles. The minimum Gasteiger partial charge on any atom is -0.379 e.